The van der Waals surface area contributed by atoms with E-state index < -0.39 is 0 Å². The SMILES string of the molecule is Cc1nnc(C(C)(C)N)n1C1CC1. The maximum absolute atomic E-state index is 6.01. The van der Waals surface area contributed by atoms with Crippen LogP contribution in [0.2, 0.25) is 0 Å². The van der Waals surface area contributed by atoms with Gasteiger partial charge in [-0.1, -0.05) is 0 Å². The van der Waals surface area contributed by atoms with Crippen molar-refractivity contribution in [2.24, 2.45) is 5.73 Å². The predicted octanol–water partition coefficient (Wildman–Crippen LogP) is 1.12. The van der Waals surface area contributed by atoms with Crippen molar-refractivity contribution in [1.29, 1.82) is 0 Å². The molecule has 0 bridgehead atoms. The van der Waals surface area contributed by atoms with Crippen LogP contribution >= 0.6 is 0 Å². The second kappa shape index (κ2) is 2.54. The van der Waals surface area contributed by atoms with Crippen molar-refractivity contribution >= 4 is 0 Å². The van der Waals surface area contributed by atoms with Crippen LogP contribution in [0.1, 0.15) is 44.4 Å². The summed E-state index contributed by atoms with van der Waals surface area (Å²) in [6.45, 7) is 5.92. The van der Waals surface area contributed by atoms with Gasteiger partial charge < -0.3 is 10.3 Å². The minimum Gasteiger partial charge on any atom is -0.319 e. The third-order valence-electron chi connectivity index (χ3n) is 2.35. The Labute approximate surface area is 78.1 Å². The first kappa shape index (κ1) is 8.69. The Morgan fingerprint density at radius 3 is 2.46 bits per heavy atom. The summed E-state index contributed by atoms with van der Waals surface area (Å²) < 4.78 is 2.18. The second-order valence-corrected chi connectivity index (χ2v) is 4.39. The summed E-state index contributed by atoms with van der Waals surface area (Å²) in [6.07, 6.45) is 2.48. The van der Waals surface area contributed by atoms with E-state index >= 15 is 0 Å². The van der Waals surface area contributed by atoms with Crippen LogP contribution in [0, 0.1) is 6.92 Å². The molecule has 0 aliphatic heterocycles. The lowest BCUT2D eigenvalue weighted by Crippen LogP contribution is -2.32. The molecule has 0 atom stereocenters. The van der Waals surface area contributed by atoms with Gasteiger partial charge in [0.2, 0.25) is 0 Å². The van der Waals surface area contributed by atoms with Gasteiger partial charge in [-0.25, -0.2) is 0 Å². The first-order valence-corrected chi connectivity index (χ1v) is 4.71. The summed E-state index contributed by atoms with van der Waals surface area (Å²) in [5, 5.41) is 8.21. The lowest BCUT2D eigenvalue weighted by Gasteiger charge is -2.19. The predicted molar refractivity (Wildman–Crippen MR) is 50.2 cm³/mol. The smallest absolute Gasteiger partial charge is 0.152 e. The summed E-state index contributed by atoms with van der Waals surface area (Å²) in [5.41, 5.74) is 5.63. The first-order valence-electron chi connectivity index (χ1n) is 4.71. The molecule has 0 unspecified atom stereocenters. The summed E-state index contributed by atoms with van der Waals surface area (Å²) in [5.74, 6) is 1.89. The summed E-state index contributed by atoms with van der Waals surface area (Å²) in [7, 11) is 0. The molecular weight excluding hydrogens is 164 g/mol. The molecule has 2 N–H and O–H groups in total. The number of hydrogen-bond donors (Lipinski definition) is 1. The van der Waals surface area contributed by atoms with Crippen LogP contribution in [-0.4, -0.2) is 14.8 Å². The molecule has 1 aromatic heterocycles. The Morgan fingerprint density at radius 2 is 2.00 bits per heavy atom. The zero-order valence-corrected chi connectivity index (χ0v) is 8.41. The monoisotopic (exact) mass is 180 g/mol. The van der Waals surface area contributed by atoms with Crippen LogP contribution in [0.25, 0.3) is 0 Å². The zero-order chi connectivity index (χ0) is 9.64. The Hall–Kier alpha value is -0.900. The van der Waals surface area contributed by atoms with Crippen molar-refractivity contribution in [1.82, 2.24) is 14.8 Å². The topological polar surface area (TPSA) is 56.7 Å². The average molecular weight is 180 g/mol. The first-order chi connectivity index (χ1) is 6.00. The minimum absolute atomic E-state index is 0.385. The average Bonchev–Trinajstić information content (AvgIpc) is 2.73. The number of aromatic nitrogens is 3. The molecule has 0 saturated heterocycles. The highest BCUT2D eigenvalue weighted by Crippen LogP contribution is 2.37. The second-order valence-electron chi connectivity index (χ2n) is 4.39. The number of rotatable bonds is 2. The Kier molecular flexibility index (Phi) is 1.70. The number of nitrogens with two attached hydrogens (primary N) is 1. The number of aryl methyl sites for hydroxylation is 1. The Balaban J connectivity index is 2.45. The van der Waals surface area contributed by atoms with E-state index in [1.54, 1.807) is 0 Å². The van der Waals surface area contributed by atoms with E-state index in [1.807, 2.05) is 20.8 Å². The van der Waals surface area contributed by atoms with Crippen LogP contribution in [-0.2, 0) is 5.54 Å². The van der Waals surface area contributed by atoms with Crippen molar-refractivity contribution in [3.63, 3.8) is 0 Å². The molecule has 1 fully saturated rings. The van der Waals surface area contributed by atoms with Gasteiger partial charge in [-0.15, -0.1) is 10.2 Å². The molecule has 1 heterocycles. The Bertz CT molecular complexity index is 317. The molecular formula is C9H16N4. The molecule has 0 spiro atoms. The van der Waals surface area contributed by atoms with E-state index in [2.05, 4.69) is 14.8 Å². The molecule has 72 valence electrons. The standard InChI is InChI=1S/C9H16N4/c1-6-11-12-8(9(2,3)10)13(6)7-4-5-7/h7H,4-5,10H2,1-3H3. The van der Waals surface area contributed by atoms with E-state index in [1.165, 1.54) is 12.8 Å². The maximum atomic E-state index is 6.01. The lowest BCUT2D eigenvalue weighted by atomic mass is 10.1. The van der Waals surface area contributed by atoms with Crippen molar-refractivity contribution in [3.8, 4) is 0 Å². The van der Waals surface area contributed by atoms with Gasteiger partial charge in [-0.3, -0.25) is 0 Å². The fraction of sp³-hybridized carbons (Fsp3) is 0.778. The highest BCUT2D eigenvalue weighted by atomic mass is 15.3. The zero-order valence-electron chi connectivity index (χ0n) is 8.41. The summed E-state index contributed by atoms with van der Waals surface area (Å²) in [6, 6.07) is 0.604. The lowest BCUT2D eigenvalue weighted by molar-refractivity contribution is 0.473. The van der Waals surface area contributed by atoms with Gasteiger partial charge in [0.05, 0.1) is 5.54 Å². The van der Waals surface area contributed by atoms with Gasteiger partial charge in [-0.2, -0.15) is 0 Å². The van der Waals surface area contributed by atoms with Crippen molar-refractivity contribution < 1.29 is 0 Å². The molecule has 0 amide bonds. The molecule has 1 aliphatic carbocycles. The van der Waals surface area contributed by atoms with Gasteiger partial charge in [-0.05, 0) is 33.6 Å². The van der Waals surface area contributed by atoms with E-state index in [0.717, 1.165) is 11.6 Å². The summed E-state index contributed by atoms with van der Waals surface area (Å²) in [4.78, 5) is 0. The molecule has 13 heavy (non-hydrogen) atoms. The molecule has 1 saturated carbocycles. The number of nitrogens with zero attached hydrogens (tertiary/aromatic N) is 3. The van der Waals surface area contributed by atoms with Crippen LogP contribution in [0.5, 0.6) is 0 Å². The molecule has 1 aromatic rings. The molecule has 4 heteroatoms. The van der Waals surface area contributed by atoms with Crippen molar-refractivity contribution in [2.45, 2.75) is 45.2 Å². The number of hydrogen-bond acceptors (Lipinski definition) is 3. The van der Waals surface area contributed by atoms with Gasteiger partial charge in [0.15, 0.2) is 5.82 Å². The van der Waals surface area contributed by atoms with Crippen LogP contribution in [0.15, 0.2) is 0 Å². The minimum atomic E-state index is -0.385. The Morgan fingerprint density at radius 1 is 1.38 bits per heavy atom. The fourth-order valence-corrected chi connectivity index (χ4v) is 1.58. The van der Waals surface area contributed by atoms with E-state index in [4.69, 9.17) is 5.73 Å². The van der Waals surface area contributed by atoms with E-state index in [-0.39, 0.29) is 5.54 Å². The van der Waals surface area contributed by atoms with Crippen LogP contribution in [0.4, 0.5) is 0 Å². The normalized spacial score (nSPS) is 17.8. The maximum Gasteiger partial charge on any atom is 0.152 e. The van der Waals surface area contributed by atoms with Crippen molar-refractivity contribution in [2.75, 3.05) is 0 Å². The fourth-order valence-electron chi connectivity index (χ4n) is 1.58. The van der Waals surface area contributed by atoms with Crippen LogP contribution in [0.3, 0.4) is 0 Å². The third kappa shape index (κ3) is 1.46. The van der Waals surface area contributed by atoms with Gasteiger partial charge in [0.1, 0.15) is 5.82 Å². The highest BCUT2D eigenvalue weighted by molar-refractivity contribution is 5.08. The quantitative estimate of drug-likeness (QED) is 0.741. The van der Waals surface area contributed by atoms with Gasteiger partial charge in [0, 0.05) is 6.04 Å². The van der Waals surface area contributed by atoms with Gasteiger partial charge in [0.25, 0.3) is 0 Å². The third-order valence-corrected chi connectivity index (χ3v) is 2.35. The van der Waals surface area contributed by atoms with Crippen LogP contribution < -0.4 is 5.73 Å². The highest BCUT2D eigenvalue weighted by Gasteiger charge is 2.32. The summed E-state index contributed by atoms with van der Waals surface area (Å²) >= 11 is 0. The van der Waals surface area contributed by atoms with Crippen molar-refractivity contribution in [3.05, 3.63) is 11.6 Å². The van der Waals surface area contributed by atoms with Gasteiger partial charge >= 0.3 is 0 Å². The largest absolute Gasteiger partial charge is 0.319 e. The molecule has 4 nitrogen and oxygen atoms in total. The van der Waals surface area contributed by atoms with E-state index in [0.29, 0.717) is 6.04 Å². The van der Waals surface area contributed by atoms with E-state index in [9.17, 15) is 0 Å². The molecule has 0 radical (unpaired) electrons. The molecule has 1 aliphatic rings. The molecule has 0 aromatic carbocycles. The molecule has 2 rings (SSSR count).